The number of benzene rings is 1. The van der Waals surface area contributed by atoms with E-state index in [0.717, 1.165) is 12.8 Å². The van der Waals surface area contributed by atoms with Gasteiger partial charge in [0.1, 0.15) is 0 Å². The summed E-state index contributed by atoms with van der Waals surface area (Å²) in [7, 11) is -3.61. The van der Waals surface area contributed by atoms with Crippen LogP contribution in [0.5, 0.6) is 0 Å². The van der Waals surface area contributed by atoms with Gasteiger partial charge in [-0.3, -0.25) is 0 Å². The van der Waals surface area contributed by atoms with Gasteiger partial charge in [-0.05, 0) is 37.5 Å². The molecule has 114 valence electrons. The smallest absolute Gasteiger partial charge is 0.241 e. The van der Waals surface area contributed by atoms with Gasteiger partial charge in [0.25, 0.3) is 0 Å². The second kappa shape index (κ2) is 6.78. The van der Waals surface area contributed by atoms with Crippen molar-refractivity contribution in [3.05, 3.63) is 22.7 Å². The van der Waals surface area contributed by atoms with E-state index in [4.69, 9.17) is 17.3 Å². The van der Waals surface area contributed by atoms with Crippen LogP contribution in [-0.4, -0.2) is 14.5 Å². The fourth-order valence-electron chi connectivity index (χ4n) is 2.35. The van der Waals surface area contributed by atoms with Crippen molar-refractivity contribution in [1.29, 1.82) is 0 Å². The number of hydrogen-bond acceptors (Lipinski definition) is 3. The number of nitrogens with one attached hydrogen (secondary N) is 1. The first-order chi connectivity index (χ1) is 9.22. The summed E-state index contributed by atoms with van der Waals surface area (Å²) in [5, 5.41) is 0.323. The van der Waals surface area contributed by atoms with E-state index in [1.807, 2.05) is 6.92 Å². The van der Waals surface area contributed by atoms with Crippen LogP contribution in [0.3, 0.4) is 0 Å². The first-order valence-corrected chi connectivity index (χ1v) is 8.67. The molecule has 0 aromatic heterocycles. The molecule has 0 aliphatic heterocycles. The largest absolute Gasteiger partial charge is 0.398 e. The molecule has 0 saturated carbocycles. The predicted octanol–water partition coefficient (Wildman–Crippen LogP) is 3.33. The van der Waals surface area contributed by atoms with E-state index >= 15 is 0 Å². The number of sulfonamides is 1. The van der Waals surface area contributed by atoms with Gasteiger partial charge >= 0.3 is 0 Å². The summed E-state index contributed by atoms with van der Waals surface area (Å²) in [5.41, 5.74) is 6.69. The lowest BCUT2D eigenvalue weighted by Crippen LogP contribution is -2.38. The van der Waals surface area contributed by atoms with Crippen molar-refractivity contribution in [3.8, 4) is 0 Å². The zero-order valence-electron chi connectivity index (χ0n) is 12.4. The Hall–Kier alpha value is -0.780. The summed E-state index contributed by atoms with van der Waals surface area (Å²) in [5.74, 6) is 0.307. The Morgan fingerprint density at radius 1 is 1.30 bits per heavy atom. The van der Waals surface area contributed by atoms with E-state index in [1.165, 1.54) is 6.07 Å². The van der Waals surface area contributed by atoms with Crippen molar-refractivity contribution in [2.24, 2.45) is 5.92 Å². The second-order valence-corrected chi connectivity index (χ2v) is 7.22. The summed E-state index contributed by atoms with van der Waals surface area (Å²) in [6, 6.07) is 2.87. The molecule has 1 atom stereocenters. The molecular weight excluding hydrogens is 296 g/mol. The Bertz CT molecular complexity index is 569. The van der Waals surface area contributed by atoms with E-state index in [0.29, 0.717) is 22.2 Å². The summed E-state index contributed by atoms with van der Waals surface area (Å²) in [4.78, 5) is 0.153. The highest BCUT2D eigenvalue weighted by Gasteiger charge is 2.24. The number of anilines is 1. The average molecular weight is 319 g/mol. The van der Waals surface area contributed by atoms with Crippen molar-refractivity contribution in [3.63, 3.8) is 0 Å². The van der Waals surface area contributed by atoms with Crippen molar-refractivity contribution in [2.45, 2.75) is 51.5 Å². The van der Waals surface area contributed by atoms with Gasteiger partial charge in [0.2, 0.25) is 10.0 Å². The molecule has 1 unspecified atom stereocenters. The van der Waals surface area contributed by atoms with Crippen LogP contribution in [0.1, 0.15) is 39.2 Å². The van der Waals surface area contributed by atoms with Gasteiger partial charge in [-0.2, -0.15) is 0 Å². The maximum Gasteiger partial charge on any atom is 0.241 e. The zero-order valence-corrected chi connectivity index (χ0v) is 14.0. The van der Waals surface area contributed by atoms with Crippen LogP contribution in [0.4, 0.5) is 5.69 Å². The molecule has 0 bridgehead atoms. The Labute approximate surface area is 126 Å². The topological polar surface area (TPSA) is 72.2 Å². The minimum absolute atomic E-state index is 0.130. The molecule has 3 N–H and O–H groups in total. The maximum atomic E-state index is 12.5. The predicted molar refractivity (Wildman–Crippen MR) is 84.5 cm³/mol. The van der Waals surface area contributed by atoms with Crippen molar-refractivity contribution >= 4 is 27.3 Å². The van der Waals surface area contributed by atoms with Crippen LogP contribution in [-0.2, 0) is 10.0 Å². The third-order valence-electron chi connectivity index (χ3n) is 3.75. The summed E-state index contributed by atoms with van der Waals surface area (Å²) in [6.45, 7) is 7.68. The van der Waals surface area contributed by atoms with Gasteiger partial charge in [-0.1, -0.05) is 38.3 Å². The van der Waals surface area contributed by atoms with Gasteiger partial charge in [-0.25, -0.2) is 13.1 Å². The Balaban J connectivity index is 3.12. The lowest BCUT2D eigenvalue weighted by molar-refractivity contribution is 0.390. The van der Waals surface area contributed by atoms with E-state index in [9.17, 15) is 8.42 Å². The monoisotopic (exact) mass is 318 g/mol. The van der Waals surface area contributed by atoms with E-state index in [2.05, 4.69) is 18.6 Å². The van der Waals surface area contributed by atoms with Crippen molar-refractivity contribution in [1.82, 2.24) is 4.72 Å². The Kier molecular flexibility index (Phi) is 5.86. The van der Waals surface area contributed by atoms with Gasteiger partial charge < -0.3 is 5.73 Å². The third-order valence-corrected chi connectivity index (χ3v) is 5.65. The minimum Gasteiger partial charge on any atom is -0.398 e. The summed E-state index contributed by atoms with van der Waals surface area (Å²) in [6.07, 6.45) is 1.85. The van der Waals surface area contributed by atoms with Gasteiger partial charge in [-0.15, -0.1) is 0 Å². The highest BCUT2D eigenvalue weighted by molar-refractivity contribution is 7.89. The molecule has 0 saturated heterocycles. The summed E-state index contributed by atoms with van der Waals surface area (Å²) < 4.78 is 27.7. The molecule has 0 fully saturated rings. The first-order valence-electron chi connectivity index (χ1n) is 6.80. The molecule has 0 aliphatic rings. The van der Waals surface area contributed by atoms with Crippen LogP contribution >= 0.6 is 11.6 Å². The minimum atomic E-state index is -3.61. The third kappa shape index (κ3) is 3.87. The first kappa shape index (κ1) is 17.3. The molecule has 0 radical (unpaired) electrons. The molecule has 0 amide bonds. The number of rotatable bonds is 6. The van der Waals surface area contributed by atoms with Gasteiger partial charge in [0.15, 0.2) is 0 Å². The molecule has 4 nitrogen and oxygen atoms in total. The standard InChI is InChI=1S/C14H23ClN2O2S/c1-5-11(6-2)10(4)17-20(18,19)14-8-12(15)7-13(16)9(14)3/h7-8,10-11,17H,5-6,16H2,1-4H3. The summed E-state index contributed by atoms with van der Waals surface area (Å²) >= 11 is 5.91. The molecule has 20 heavy (non-hydrogen) atoms. The lowest BCUT2D eigenvalue weighted by atomic mass is 9.96. The normalized spacial score (nSPS) is 13.7. The van der Waals surface area contributed by atoms with Crippen LogP contribution in [0.25, 0.3) is 0 Å². The highest BCUT2D eigenvalue weighted by atomic mass is 35.5. The molecule has 0 aliphatic carbocycles. The van der Waals surface area contributed by atoms with Crippen molar-refractivity contribution in [2.75, 3.05) is 5.73 Å². The SMILES string of the molecule is CCC(CC)C(C)NS(=O)(=O)c1cc(Cl)cc(N)c1C. The molecule has 0 heterocycles. The molecule has 1 rings (SSSR count). The number of hydrogen-bond donors (Lipinski definition) is 2. The highest BCUT2D eigenvalue weighted by Crippen LogP contribution is 2.26. The maximum absolute atomic E-state index is 12.5. The van der Waals surface area contributed by atoms with Gasteiger partial charge in [0.05, 0.1) is 4.90 Å². The molecule has 0 spiro atoms. The zero-order chi connectivity index (χ0) is 15.5. The van der Waals surface area contributed by atoms with E-state index in [-0.39, 0.29) is 10.9 Å². The molecule has 6 heteroatoms. The Morgan fingerprint density at radius 3 is 2.35 bits per heavy atom. The van der Waals surface area contributed by atoms with Crippen LogP contribution in [0, 0.1) is 12.8 Å². The fourth-order valence-corrected chi connectivity index (χ4v) is 4.26. The van der Waals surface area contributed by atoms with E-state index in [1.54, 1.807) is 13.0 Å². The Morgan fingerprint density at radius 2 is 1.85 bits per heavy atom. The number of halogens is 1. The lowest BCUT2D eigenvalue weighted by Gasteiger charge is -2.23. The molecular formula is C14H23ClN2O2S. The van der Waals surface area contributed by atoms with Crippen LogP contribution < -0.4 is 10.5 Å². The molecule has 1 aromatic rings. The number of nitrogens with two attached hydrogens (primary N) is 1. The van der Waals surface area contributed by atoms with E-state index < -0.39 is 10.0 Å². The van der Waals surface area contributed by atoms with Crippen molar-refractivity contribution < 1.29 is 8.42 Å². The van der Waals surface area contributed by atoms with Gasteiger partial charge in [0, 0.05) is 16.8 Å². The molecule has 1 aromatic carbocycles. The van der Waals surface area contributed by atoms with Crippen LogP contribution in [0.2, 0.25) is 5.02 Å². The second-order valence-electron chi connectivity index (χ2n) is 5.10. The van der Waals surface area contributed by atoms with Crippen LogP contribution in [0.15, 0.2) is 17.0 Å². The average Bonchev–Trinajstić information content (AvgIpc) is 2.34. The number of nitrogen functional groups attached to an aromatic ring is 1. The fraction of sp³-hybridized carbons (Fsp3) is 0.571. The quantitative estimate of drug-likeness (QED) is 0.790.